The van der Waals surface area contributed by atoms with Crippen LogP contribution in [0.15, 0.2) is 79.1 Å². The maximum Gasteiger partial charge on any atom is 0.255 e. The molecule has 2 aromatic carbocycles. The zero-order chi connectivity index (χ0) is 23.5. The second-order valence-corrected chi connectivity index (χ2v) is 7.47. The Morgan fingerprint density at radius 2 is 1.74 bits per heavy atom. The van der Waals surface area contributed by atoms with Gasteiger partial charge in [0.25, 0.3) is 5.91 Å². The van der Waals surface area contributed by atoms with Crippen LogP contribution in [-0.4, -0.2) is 44.5 Å². The van der Waals surface area contributed by atoms with E-state index in [2.05, 4.69) is 15.5 Å². The van der Waals surface area contributed by atoms with Crippen molar-refractivity contribution in [3.8, 4) is 28.4 Å². The quantitative estimate of drug-likeness (QED) is 0.404. The van der Waals surface area contributed by atoms with Crippen molar-refractivity contribution in [1.29, 1.82) is 0 Å². The van der Waals surface area contributed by atoms with Crippen LogP contribution in [0.4, 0.5) is 0 Å². The normalized spacial score (nSPS) is 10.9. The third-order valence-electron chi connectivity index (χ3n) is 5.43. The monoisotopic (exact) mass is 454 g/mol. The number of fused-ring (bicyclic) bond motifs is 1. The Hall–Kier alpha value is -4.66. The van der Waals surface area contributed by atoms with Gasteiger partial charge in [-0.2, -0.15) is 5.10 Å². The molecule has 0 aliphatic carbocycles. The first kappa shape index (κ1) is 21.2. The van der Waals surface area contributed by atoms with Crippen LogP contribution in [-0.2, 0) is 6.54 Å². The molecular formula is C25H22N6O3. The Labute approximate surface area is 195 Å². The average molecular weight is 454 g/mol. The van der Waals surface area contributed by atoms with Gasteiger partial charge in [0.05, 0.1) is 32.0 Å². The SMILES string of the molecule is COc1ccc(-c2nn(-c3ccccc3)cc2C(=O)NCc2nnc3ccccn23)cc1OC. The number of carbonyl (C=O) groups is 1. The molecule has 5 aromatic rings. The fraction of sp³-hybridized carbons (Fsp3) is 0.120. The molecule has 1 N–H and O–H groups in total. The lowest BCUT2D eigenvalue weighted by Crippen LogP contribution is -2.24. The van der Waals surface area contributed by atoms with Crippen molar-refractivity contribution in [1.82, 2.24) is 29.7 Å². The van der Waals surface area contributed by atoms with E-state index in [0.717, 1.165) is 16.9 Å². The van der Waals surface area contributed by atoms with Gasteiger partial charge in [-0.05, 0) is 42.5 Å². The second-order valence-electron chi connectivity index (χ2n) is 7.47. The number of hydrogen-bond donors (Lipinski definition) is 1. The molecule has 3 aromatic heterocycles. The fourth-order valence-electron chi connectivity index (χ4n) is 3.72. The smallest absolute Gasteiger partial charge is 0.255 e. The van der Waals surface area contributed by atoms with Crippen molar-refractivity contribution in [2.75, 3.05) is 14.2 Å². The number of hydrogen-bond acceptors (Lipinski definition) is 6. The maximum atomic E-state index is 13.3. The van der Waals surface area contributed by atoms with Crippen molar-refractivity contribution < 1.29 is 14.3 Å². The molecule has 1 amide bonds. The Kier molecular flexibility index (Phi) is 5.65. The number of methoxy groups -OCH3 is 2. The maximum absolute atomic E-state index is 13.3. The van der Waals surface area contributed by atoms with Crippen LogP contribution >= 0.6 is 0 Å². The van der Waals surface area contributed by atoms with Gasteiger partial charge in [0.1, 0.15) is 5.69 Å². The van der Waals surface area contributed by atoms with Gasteiger partial charge in [-0.25, -0.2) is 4.68 Å². The second kappa shape index (κ2) is 9.07. The van der Waals surface area contributed by atoms with Gasteiger partial charge < -0.3 is 14.8 Å². The van der Waals surface area contributed by atoms with E-state index in [4.69, 9.17) is 14.6 Å². The summed E-state index contributed by atoms with van der Waals surface area (Å²) in [5.74, 6) is 1.50. The summed E-state index contributed by atoms with van der Waals surface area (Å²) in [6.07, 6.45) is 3.58. The van der Waals surface area contributed by atoms with E-state index in [1.807, 2.05) is 65.2 Å². The number of ether oxygens (including phenoxy) is 2. The molecule has 0 radical (unpaired) electrons. The van der Waals surface area contributed by atoms with Crippen molar-refractivity contribution in [3.05, 3.63) is 90.5 Å². The predicted octanol–water partition coefficient (Wildman–Crippen LogP) is 3.53. The van der Waals surface area contributed by atoms with Crippen molar-refractivity contribution in [3.63, 3.8) is 0 Å². The summed E-state index contributed by atoms with van der Waals surface area (Å²) in [5, 5.41) is 16.0. The van der Waals surface area contributed by atoms with Gasteiger partial charge in [-0.15, -0.1) is 10.2 Å². The summed E-state index contributed by atoms with van der Waals surface area (Å²) in [5.41, 5.74) is 3.23. The third-order valence-corrected chi connectivity index (χ3v) is 5.43. The van der Waals surface area contributed by atoms with E-state index in [1.54, 1.807) is 37.2 Å². The minimum absolute atomic E-state index is 0.214. The molecule has 0 unspecified atom stereocenters. The molecule has 0 saturated heterocycles. The van der Waals surface area contributed by atoms with Gasteiger partial charge in [-0.3, -0.25) is 9.20 Å². The average Bonchev–Trinajstić information content (AvgIpc) is 3.52. The largest absolute Gasteiger partial charge is 0.493 e. The molecular weight excluding hydrogens is 432 g/mol. The van der Waals surface area contributed by atoms with E-state index in [9.17, 15) is 4.79 Å². The van der Waals surface area contributed by atoms with E-state index < -0.39 is 0 Å². The third kappa shape index (κ3) is 3.95. The molecule has 0 spiro atoms. The molecule has 170 valence electrons. The highest BCUT2D eigenvalue weighted by Crippen LogP contribution is 2.33. The van der Waals surface area contributed by atoms with Crippen LogP contribution in [0, 0.1) is 0 Å². The molecule has 0 aliphatic rings. The number of aromatic nitrogens is 5. The molecule has 0 saturated carbocycles. The standard InChI is InChI=1S/C25H22N6O3/c1-33-20-12-11-17(14-21(20)34-2)24-19(16-31(29-24)18-8-4-3-5-9-18)25(32)26-15-23-28-27-22-10-6-7-13-30(22)23/h3-14,16H,15H2,1-2H3,(H,26,32). The van der Waals surface area contributed by atoms with Gasteiger partial charge in [0, 0.05) is 18.0 Å². The summed E-state index contributed by atoms with van der Waals surface area (Å²) in [6.45, 7) is 0.214. The topological polar surface area (TPSA) is 95.6 Å². The number of pyridine rings is 1. The van der Waals surface area contributed by atoms with Crippen LogP contribution < -0.4 is 14.8 Å². The number of nitrogens with zero attached hydrogens (tertiary/aromatic N) is 5. The number of nitrogens with one attached hydrogen (secondary N) is 1. The lowest BCUT2D eigenvalue weighted by Gasteiger charge is -2.09. The molecule has 0 atom stereocenters. The highest BCUT2D eigenvalue weighted by molar-refractivity contribution is 6.00. The molecule has 34 heavy (non-hydrogen) atoms. The number of benzene rings is 2. The summed E-state index contributed by atoms with van der Waals surface area (Å²) in [7, 11) is 3.15. The van der Waals surface area contributed by atoms with Gasteiger partial charge in [0.2, 0.25) is 0 Å². The van der Waals surface area contributed by atoms with Crippen LogP contribution in [0.3, 0.4) is 0 Å². The van der Waals surface area contributed by atoms with Gasteiger partial charge in [-0.1, -0.05) is 24.3 Å². The fourth-order valence-corrected chi connectivity index (χ4v) is 3.72. The number of rotatable bonds is 7. The highest BCUT2D eigenvalue weighted by atomic mass is 16.5. The first-order valence-corrected chi connectivity index (χ1v) is 10.6. The van der Waals surface area contributed by atoms with Crippen molar-refractivity contribution in [2.24, 2.45) is 0 Å². The van der Waals surface area contributed by atoms with E-state index in [1.165, 1.54) is 0 Å². The first-order valence-electron chi connectivity index (χ1n) is 10.6. The predicted molar refractivity (Wildman–Crippen MR) is 126 cm³/mol. The first-order chi connectivity index (χ1) is 16.7. The summed E-state index contributed by atoms with van der Waals surface area (Å²) < 4.78 is 14.3. The lowest BCUT2D eigenvalue weighted by molar-refractivity contribution is 0.0950. The number of para-hydroxylation sites is 1. The molecule has 0 aliphatic heterocycles. The molecule has 3 heterocycles. The summed E-state index contributed by atoms with van der Waals surface area (Å²) >= 11 is 0. The Morgan fingerprint density at radius 3 is 2.53 bits per heavy atom. The zero-order valence-electron chi connectivity index (χ0n) is 18.7. The summed E-state index contributed by atoms with van der Waals surface area (Å²) in [6, 6.07) is 20.7. The zero-order valence-corrected chi connectivity index (χ0v) is 18.7. The van der Waals surface area contributed by atoms with Gasteiger partial charge in [0.15, 0.2) is 23.0 Å². The lowest BCUT2D eigenvalue weighted by atomic mass is 10.1. The van der Waals surface area contributed by atoms with Crippen LogP contribution in [0.1, 0.15) is 16.2 Å². The minimum atomic E-state index is -0.278. The number of carbonyl (C=O) groups excluding carboxylic acids is 1. The Balaban J connectivity index is 1.51. The van der Waals surface area contributed by atoms with Gasteiger partial charge >= 0.3 is 0 Å². The minimum Gasteiger partial charge on any atom is -0.493 e. The van der Waals surface area contributed by atoms with E-state index in [-0.39, 0.29) is 12.5 Å². The van der Waals surface area contributed by atoms with E-state index in [0.29, 0.717) is 28.6 Å². The summed E-state index contributed by atoms with van der Waals surface area (Å²) in [4.78, 5) is 13.3. The Bertz CT molecular complexity index is 1460. The Morgan fingerprint density at radius 1 is 0.941 bits per heavy atom. The highest BCUT2D eigenvalue weighted by Gasteiger charge is 2.20. The van der Waals surface area contributed by atoms with Crippen molar-refractivity contribution >= 4 is 11.6 Å². The molecule has 0 bridgehead atoms. The molecule has 5 rings (SSSR count). The number of amides is 1. The van der Waals surface area contributed by atoms with Crippen LogP contribution in [0.25, 0.3) is 22.6 Å². The molecule has 9 nitrogen and oxygen atoms in total. The molecule has 9 heteroatoms. The molecule has 0 fully saturated rings. The van der Waals surface area contributed by atoms with Crippen LogP contribution in [0.2, 0.25) is 0 Å². The van der Waals surface area contributed by atoms with E-state index >= 15 is 0 Å². The van der Waals surface area contributed by atoms with Crippen LogP contribution in [0.5, 0.6) is 11.5 Å². The van der Waals surface area contributed by atoms with Crippen molar-refractivity contribution in [2.45, 2.75) is 6.54 Å².